The molecule has 0 saturated heterocycles. The predicted molar refractivity (Wildman–Crippen MR) is 69.6 cm³/mol. The highest BCUT2D eigenvalue weighted by molar-refractivity contribution is 7.10. The maximum absolute atomic E-state index is 11.3. The van der Waals surface area contributed by atoms with E-state index in [-0.39, 0.29) is 5.97 Å². The molecule has 0 aromatic carbocycles. The second kappa shape index (κ2) is 7.00. The molecule has 0 amide bonds. The molecule has 0 saturated carbocycles. The fourth-order valence-corrected chi connectivity index (χ4v) is 2.51. The lowest BCUT2D eigenvalue weighted by Crippen LogP contribution is -2.04. The predicted octanol–water partition coefficient (Wildman–Crippen LogP) is 2.00. The van der Waals surface area contributed by atoms with E-state index in [2.05, 4.69) is 9.47 Å². The second-order valence-electron chi connectivity index (χ2n) is 3.76. The minimum atomic E-state index is -0.412. The van der Waals surface area contributed by atoms with E-state index in [0.717, 1.165) is 24.1 Å². The summed E-state index contributed by atoms with van der Waals surface area (Å²) in [6, 6.07) is 0. The Kier molecular flexibility index (Phi) is 5.64. The minimum absolute atomic E-state index is 0.204. The fourth-order valence-electron chi connectivity index (χ4n) is 1.53. The lowest BCUT2D eigenvalue weighted by molar-refractivity contribution is -0.140. The van der Waals surface area contributed by atoms with Crippen molar-refractivity contribution in [3.8, 4) is 0 Å². The summed E-state index contributed by atoms with van der Waals surface area (Å²) in [7, 11) is 2.71. The summed E-state index contributed by atoms with van der Waals surface area (Å²) in [6.45, 7) is 0. The van der Waals surface area contributed by atoms with Crippen molar-refractivity contribution in [1.29, 1.82) is 0 Å². The van der Waals surface area contributed by atoms with Gasteiger partial charge in [-0.2, -0.15) is 0 Å². The van der Waals surface area contributed by atoms with E-state index in [4.69, 9.17) is 5.73 Å². The van der Waals surface area contributed by atoms with Gasteiger partial charge in [0.15, 0.2) is 0 Å². The number of rotatable bonds is 6. The molecule has 0 aliphatic rings. The molecule has 0 radical (unpaired) electrons. The molecule has 6 heteroatoms. The molecule has 0 unspecified atom stereocenters. The summed E-state index contributed by atoms with van der Waals surface area (Å²) in [6.07, 6.45) is 2.74. The van der Waals surface area contributed by atoms with Gasteiger partial charge in [-0.15, -0.1) is 11.3 Å². The average molecular weight is 271 g/mol. The van der Waals surface area contributed by atoms with Crippen molar-refractivity contribution in [2.45, 2.75) is 25.7 Å². The number of thiophene rings is 1. The molecule has 0 atom stereocenters. The number of hydrogen-bond acceptors (Lipinski definition) is 6. The van der Waals surface area contributed by atoms with Gasteiger partial charge < -0.3 is 15.2 Å². The number of methoxy groups -OCH3 is 2. The Balaban J connectivity index is 2.46. The summed E-state index contributed by atoms with van der Waals surface area (Å²) in [5, 5.41) is 1.71. The van der Waals surface area contributed by atoms with Crippen LogP contribution in [0.1, 0.15) is 34.5 Å². The Labute approximate surface area is 110 Å². The van der Waals surface area contributed by atoms with Crippen LogP contribution in [0.5, 0.6) is 0 Å². The third-order valence-corrected chi connectivity index (χ3v) is 3.64. The Morgan fingerprint density at radius 3 is 2.61 bits per heavy atom. The standard InChI is InChI=1S/C12H17NO4S/c1-16-10(14)6-4-3-5-9-11(13)8(7-18-9)12(15)17-2/h7H,3-6,13H2,1-2H3. The molecule has 0 spiro atoms. The number of anilines is 1. The van der Waals surface area contributed by atoms with E-state index in [1.54, 1.807) is 5.38 Å². The van der Waals surface area contributed by atoms with Crippen molar-refractivity contribution in [3.05, 3.63) is 15.8 Å². The van der Waals surface area contributed by atoms with Gasteiger partial charge in [0.25, 0.3) is 0 Å². The first-order chi connectivity index (χ1) is 8.60. The van der Waals surface area contributed by atoms with E-state index in [1.165, 1.54) is 25.6 Å². The highest BCUT2D eigenvalue weighted by Gasteiger charge is 2.15. The summed E-state index contributed by atoms with van der Waals surface area (Å²) in [5.74, 6) is -0.617. The zero-order valence-corrected chi connectivity index (χ0v) is 11.3. The SMILES string of the molecule is COC(=O)CCCCc1scc(C(=O)OC)c1N. The maximum atomic E-state index is 11.3. The van der Waals surface area contributed by atoms with E-state index in [1.807, 2.05) is 0 Å². The van der Waals surface area contributed by atoms with Crippen molar-refractivity contribution in [3.63, 3.8) is 0 Å². The number of unbranched alkanes of at least 4 members (excludes halogenated alkanes) is 1. The van der Waals surface area contributed by atoms with E-state index < -0.39 is 5.97 Å². The molecule has 1 heterocycles. The Hall–Kier alpha value is -1.56. The van der Waals surface area contributed by atoms with Crippen molar-refractivity contribution in [2.24, 2.45) is 0 Å². The lowest BCUT2D eigenvalue weighted by atomic mass is 10.1. The topological polar surface area (TPSA) is 78.6 Å². The average Bonchev–Trinajstić information content (AvgIpc) is 2.75. The number of nitrogen functional groups attached to an aromatic ring is 1. The number of aryl methyl sites for hydroxylation is 1. The molecule has 0 aliphatic heterocycles. The van der Waals surface area contributed by atoms with Gasteiger partial charge in [-0.25, -0.2) is 4.79 Å². The summed E-state index contributed by atoms with van der Waals surface area (Å²) in [4.78, 5) is 23.2. The third-order valence-electron chi connectivity index (χ3n) is 2.58. The van der Waals surface area contributed by atoms with Crippen LogP contribution in [-0.2, 0) is 20.7 Å². The highest BCUT2D eigenvalue weighted by atomic mass is 32.1. The molecule has 0 aliphatic carbocycles. The minimum Gasteiger partial charge on any atom is -0.469 e. The van der Waals surface area contributed by atoms with Gasteiger partial charge in [-0.05, 0) is 19.3 Å². The van der Waals surface area contributed by atoms with Crippen molar-refractivity contribution < 1.29 is 19.1 Å². The van der Waals surface area contributed by atoms with Crippen LogP contribution in [0.25, 0.3) is 0 Å². The van der Waals surface area contributed by atoms with Crippen molar-refractivity contribution >= 4 is 29.0 Å². The van der Waals surface area contributed by atoms with E-state index in [9.17, 15) is 9.59 Å². The Morgan fingerprint density at radius 2 is 2.00 bits per heavy atom. The second-order valence-corrected chi connectivity index (χ2v) is 4.73. The largest absolute Gasteiger partial charge is 0.469 e. The van der Waals surface area contributed by atoms with Crippen LogP contribution in [0.4, 0.5) is 5.69 Å². The monoisotopic (exact) mass is 271 g/mol. The van der Waals surface area contributed by atoms with Crippen LogP contribution in [0.15, 0.2) is 5.38 Å². The first kappa shape index (κ1) is 14.5. The van der Waals surface area contributed by atoms with Crippen LogP contribution < -0.4 is 5.73 Å². The quantitative estimate of drug-likeness (QED) is 0.632. The van der Waals surface area contributed by atoms with Gasteiger partial charge in [0.05, 0.1) is 25.5 Å². The zero-order chi connectivity index (χ0) is 13.5. The highest BCUT2D eigenvalue weighted by Crippen LogP contribution is 2.27. The van der Waals surface area contributed by atoms with Crippen LogP contribution in [0.2, 0.25) is 0 Å². The first-order valence-corrected chi connectivity index (χ1v) is 6.49. The van der Waals surface area contributed by atoms with Gasteiger partial charge in [-0.3, -0.25) is 4.79 Å². The summed E-state index contributed by atoms with van der Waals surface area (Å²) < 4.78 is 9.18. The molecule has 2 N–H and O–H groups in total. The molecular weight excluding hydrogens is 254 g/mol. The molecule has 1 rings (SSSR count). The molecular formula is C12H17NO4S. The van der Waals surface area contributed by atoms with Gasteiger partial charge in [0.2, 0.25) is 0 Å². The molecule has 0 bridgehead atoms. The van der Waals surface area contributed by atoms with Gasteiger partial charge in [-0.1, -0.05) is 0 Å². The van der Waals surface area contributed by atoms with Crippen molar-refractivity contribution in [1.82, 2.24) is 0 Å². The number of ether oxygens (including phenoxy) is 2. The van der Waals surface area contributed by atoms with E-state index in [0.29, 0.717) is 17.7 Å². The molecule has 0 fully saturated rings. The maximum Gasteiger partial charge on any atom is 0.340 e. The van der Waals surface area contributed by atoms with Gasteiger partial charge >= 0.3 is 11.9 Å². The number of carbonyl (C=O) groups is 2. The molecule has 1 aromatic rings. The lowest BCUT2D eigenvalue weighted by Gasteiger charge is -2.01. The number of esters is 2. The van der Waals surface area contributed by atoms with E-state index >= 15 is 0 Å². The number of carbonyl (C=O) groups excluding carboxylic acids is 2. The van der Waals surface area contributed by atoms with Crippen LogP contribution >= 0.6 is 11.3 Å². The van der Waals surface area contributed by atoms with Gasteiger partial charge in [0, 0.05) is 16.7 Å². The summed E-state index contributed by atoms with van der Waals surface area (Å²) >= 11 is 1.44. The Morgan fingerprint density at radius 1 is 1.28 bits per heavy atom. The van der Waals surface area contributed by atoms with Crippen LogP contribution in [-0.4, -0.2) is 26.2 Å². The molecule has 100 valence electrons. The fraction of sp³-hybridized carbons (Fsp3) is 0.500. The smallest absolute Gasteiger partial charge is 0.340 e. The normalized spacial score (nSPS) is 10.1. The number of nitrogens with two attached hydrogens (primary N) is 1. The van der Waals surface area contributed by atoms with Gasteiger partial charge in [0.1, 0.15) is 0 Å². The first-order valence-electron chi connectivity index (χ1n) is 5.61. The molecule has 5 nitrogen and oxygen atoms in total. The molecule has 18 heavy (non-hydrogen) atoms. The summed E-state index contributed by atoms with van der Waals surface area (Å²) in [5.41, 5.74) is 6.78. The molecule has 1 aromatic heterocycles. The van der Waals surface area contributed by atoms with Crippen LogP contribution in [0, 0.1) is 0 Å². The van der Waals surface area contributed by atoms with Crippen molar-refractivity contribution in [2.75, 3.05) is 20.0 Å². The Bertz CT molecular complexity index is 428. The third kappa shape index (κ3) is 3.73. The van der Waals surface area contributed by atoms with Crippen LogP contribution in [0.3, 0.4) is 0 Å². The zero-order valence-electron chi connectivity index (χ0n) is 10.5. The number of hydrogen-bond donors (Lipinski definition) is 1.